The molecule has 0 aliphatic rings. The van der Waals surface area contributed by atoms with Crippen molar-refractivity contribution in [3.8, 4) is 11.1 Å². The zero-order valence-electron chi connectivity index (χ0n) is 19.4. The normalized spacial score (nSPS) is 11.5. The molecule has 0 atom stereocenters. The highest BCUT2D eigenvalue weighted by molar-refractivity contribution is 6.38. The van der Waals surface area contributed by atoms with Crippen molar-refractivity contribution in [1.29, 1.82) is 0 Å². The highest BCUT2D eigenvalue weighted by Gasteiger charge is 2.07. The van der Waals surface area contributed by atoms with Gasteiger partial charge in [0.15, 0.2) is 0 Å². The molecule has 0 saturated heterocycles. The maximum Gasteiger partial charge on any atom is 0.319 e. The molecule has 0 bridgehead atoms. The van der Waals surface area contributed by atoms with Gasteiger partial charge in [-0.2, -0.15) is 5.10 Å². The molecule has 34 heavy (non-hydrogen) atoms. The van der Waals surface area contributed by atoms with E-state index >= 15 is 0 Å². The van der Waals surface area contributed by atoms with Gasteiger partial charge in [0.1, 0.15) is 5.71 Å². The summed E-state index contributed by atoms with van der Waals surface area (Å²) in [7, 11) is 0. The van der Waals surface area contributed by atoms with Crippen molar-refractivity contribution in [2.24, 2.45) is 15.9 Å². The van der Waals surface area contributed by atoms with Crippen LogP contribution in [0, 0.1) is 0 Å². The van der Waals surface area contributed by atoms with E-state index in [0.717, 1.165) is 61.0 Å². The lowest BCUT2D eigenvalue weighted by atomic mass is 10.0. The summed E-state index contributed by atoms with van der Waals surface area (Å²) in [5.74, 6) is 5.45. The SMILES string of the molecule is NN=C(C=NCCCCCCCNC(=O)Nc1ccccc1-c1ccccc1)c1cccnc1. The Bertz CT molecular complexity index is 1070. The van der Waals surface area contributed by atoms with Gasteiger partial charge in [-0.3, -0.25) is 9.98 Å². The molecule has 0 fully saturated rings. The minimum Gasteiger partial charge on any atom is -0.338 e. The Balaban J connectivity index is 1.27. The van der Waals surface area contributed by atoms with E-state index < -0.39 is 0 Å². The van der Waals surface area contributed by atoms with Gasteiger partial charge in [-0.25, -0.2) is 4.79 Å². The van der Waals surface area contributed by atoms with Gasteiger partial charge < -0.3 is 16.5 Å². The molecule has 176 valence electrons. The van der Waals surface area contributed by atoms with E-state index in [9.17, 15) is 4.79 Å². The number of urea groups is 1. The number of nitrogens with two attached hydrogens (primary N) is 1. The van der Waals surface area contributed by atoms with Gasteiger partial charge in [0.05, 0.1) is 5.69 Å². The molecule has 0 radical (unpaired) electrons. The third kappa shape index (κ3) is 8.16. The molecule has 0 aliphatic carbocycles. The molecule has 2 aromatic carbocycles. The lowest BCUT2D eigenvalue weighted by molar-refractivity contribution is 0.252. The molecule has 0 unspecified atom stereocenters. The van der Waals surface area contributed by atoms with Gasteiger partial charge in [0, 0.05) is 42.8 Å². The molecule has 0 aliphatic heterocycles. The summed E-state index contributed by atoms with van der Waals surface area (Å²) in [5, 5.41) is 9.70. The van der Waals surface area contributed by atoms with E-state index in [1.807, 2.05) is 66.7 Å². The first-order chi connectivity index (χ1) is 16.8. The Morgan fingerprint density at radius 1 is 0.912 bits per heavy atom. The van der Waals surface area contributed by atoms with Crippen molar-refractivity contribution in [1.82, 2.24) is 10.3 Å². The van der Waals surface area contributed by atoms with Crippen molar-refractivity contribution in [2.45, 2.75) is 32.1 Å². The van der Waals surface area contributed by atoms with Gasteiger partial charge in [-0.15, -0.1) is 0 Å². The van der Waals surface area contributed by atoms with Crippen molar-refractivity contribution < 1.29 is 4.79 Å². The zero-order valence-corrected chi connectivity index (χ0v) is 19.4. The number of para-hydroxylation sites is 1. The summed E-state index contributed by atoms with van der Waals surface area (Å²) >= 11 is 0. The number of hydrogen-bond donors (Lipinski definition) is 3. The second-order valence-electron chi connectivity index (χ2n) is 7.85. The summed E-state index contributed by atoms with van der Waals surface area (Å²) in [4.78, 5) is 20.8. The van der Waals surface area contributed by atoms with Gasteiger partial charge in [-0.05, 0) is 36.6 Å². The zero-order chi connectivity index (χ0) is 23.8. The molecule has 1 aromatic heterocycles. The highest BCUT2D eigenvalue weighted by Crippen LogP contribution is 2.27. The van der Waals surface area contributed by atoms with E-state index in [0.29, 0.717) is 12.3 Å². The van der Waals surface area contributed by atoms with Crippen LogP contribution in [0.1, 0.15) is 37.7 Å². The Hall–Kier alpha value is -4.00. The van der Waals surface area contributed by atoms with Crippen molar-refractivity contribution >= 4 is 23.6 Å². The van der Waals surface area contributed by atoms with Gasteiger partial charge in [-0.1, -0.05) is 67.8 Å². The lowest BCUT2D eigenvalue weighted by Crippen LogP contribution is -2.29. The molecule has 0 spiro atoms. The molecular formula is C27H32N6O. The molecule has 7 heteroatoms. The van der Waals surface area contributed by atoms with Crippen LogP contribution < -0.4 is 16.5 Å². The van der Waals surface area contributed by atoms with E-state index in [-0.39, 0.29) is 6.03 Å². The summed E-state index contributed by atoms with van der Waals surface area (Å²) in [6.07, 6.45) is 10.3. The summed E-state index contributed by atoms with van der Waals surface area (Å²) in [5.41, 5.74) is 4.37. The number of carbonyl (C=O) groups is 1. The molecule has 3 rings (SSSR count). The van der Waals surface area contributed by atoms with Crippen LogP contribution in [0.5, 0.6) is 0 Å². The average molecular weight is 457 g/mol. The smallest absolute Gasteiger partial charge is 0.319 e. The number of rotatable bonds is 12. The van der Waals surface area contributed by atoms with Gasteiger partial charge in [0.25, 0.3) is 0 Å². The second-order valence-corrected chi connectivity index (χ2v) is 7.85. The predicted octanol–water partition coefficient (Wildman–Crippen LogP) is 5.25. The number of nitrogens with zero attached hydrogens (tertiary/aromatic N) is 3. The van der Waals surface area contributed by atoms with Crippen molar-refractivity contribution in [2.75, 3.05) is 18.4 Å². The fourth-order valence-electron chi connectivity index (χ4n) is 3.54. The summed E-state index contributed by atoms with van der Waals surface area (Å²) in [6.45, 7) is 1.39. The fourth-order valence-corrected chi connectivity index (χ4v) is 3.54. The summed E-state index contributed by atoms with van der Waals surface area (Å²) in [6, 6.07) is 21.4. The highest BCUT2D eigenvalue weighted by atomic mass is 16.2. The van der Waals surface area contributed by atoms with Crippen LogP contribution in [-0.4, -0.2) is 36.0 Å². The number of hydrogen-bond acceptors (Lipinski definition) is 5. The number of nitrogens with one attached hydrogen (secondary N) is 2. The van der Waals surface area contributed by atoms with Crippen LogP contribution in [0.2, 0.25) is 0 Å². The maximum atomic E-state index is 12.3. The maximum absolute atomic E-state index is 12.3. The van der Waals surface area contributed by atoms with Crippen LogP contribution >= 0.6 is 0 Å². The number of benzene rings is 2. The number of amides is 2. The first-order valence-electron chi connectivity index (χ1n) is 11.7. The Morgan fingerprint density at radius 3 is 2.47 bits per heavy atom. The number of hydrazone groups is 1. The Morgan fingerprint density at radius 2 is 1.68 bits per heavy atom. The minimum atomic E-state index is -0.177. The Kier molecular flexibility index (Phi) is 10.3. The predicted molar refractivity (Wildman–Crippen MR) is 140 cm³/mol. The third-order valence-electron chi connectivity index (χ3n) is 5.32. The number of pyridine rings is 1. The van der Waals surface area contributed by atoms with Crippen LogP contribution in [0.25, 0.3) is 11.1 Å². The quantitative estimate of drug-likeness (QED) is 0.150. The van der Waals surface area contributed by atoms with Crippen molar-refractivity contribution in [3.05, 3.63) is 84.7 Å². The minimum absolute atomic E-state index is 0.177. The molecule has 1 heterocycles. The molecule has 3 aromatic rings. The van der Waals surface area contributed by atoms with E-state index in [4.69, 9.17) is 5.84 Å². The van der Waals surface area contributed by atoms with E-state index in [1.165, 1.54) is 0 Å². The van der Waals surface area contributed by atoms with Gasteiger partial charge in [0.2, 0.25) is 0 Å². The molecule has 4 N–H and O–H groups in total. The van der Waals surface area contributed by atoms with Crippen LogP contribution in [0.15, 0.2) is 89.2 Å². The summed E-state index contributed by atoms with van der Waals surface area (Å²) < 4.78 is 0. The van der Waals surface area contributed by atoms with E-state index in [2.05, 4.69) is 25.7 Å². The number of aliphatic imine (C=N–C) groups is 1. The van der Waals surface area contributed by atoms with Gasteiger partial charge >= 0.3 is 6.03 Å². The monoisotopic (exact) mass is 456 g/mol. The number of anilines is 1. The Labute approximate surface area is 201 Å². The fraction of sp³-hybridized carbons (Fsp3) is 0.259. The third-order valence-corrected chi connectivity index (χ3v) is 5.32. The topological polar surface area (TPSA) is 105 Å². The number of aromatic nitrogens is 1. The van der Waals surface area contributed by atoms with Crippen LogP contribution in [0.3, 0.4) is 0 Å². The second kappa shape index (κ2) is 14.2. The number of carbonyl (C=O) groups excluding carboxylic acids is 1. The molecule has 2 amide bonds. The molecule has 7 nitrogen and oxygen atoms in total. The average Bonchev–Trinajstić information content (AvgIpc) is 2.89. The first kappa shape index (κ1) is 24.6. The van der Waals surface area contributed by atoms with Crippen molar-refractivity contribution in [3.63, 3.8) is 0 Å². The molecule has 0 saturated carbocycles. The molecular weight excluding hydrogens is 424 g/mol. The van der Waals surface area contributed by atoms with Crippen LogP contribution in [-0.2, 0) is 0 Å². The standard InChI is InChI=1S/C27H32N6O/c28-33-26(23-14-11-18-29-20-23)21-30-17-9-2-1-3-10-19-31-27(34)32-25-16-8-7-15-24(25)22-12-5-4-6-13-22/h4-8,11-16,18,20-21H,1-3,9-10,17,19,28H2,(H2,31,32,34). The first-order valence-corrected chi connectivity index (χ1v) is 11.7. The van der Waals surface area contributed by atoms with Crippen LogP contribution in [0.4, 0.5) is 10.5 Å². The lowest BCUT2D eigenvalue weighted by Gasteiger charge is -2.12. The largest absolute Gasteiger partial charge is 0.338 e. The van der Waals surface area contributed by atoms with E-state index in [1.54, 1.807) is 18.6 Å². The number of unbranched alkanes of at least 4 members (excludes halogenated alkanes) is 4.